The fraction of sp³-hybridized carbons (Fsp3) is 0.387. The Labute approximate surface area is 219 Å². The molecule has 1 aliphatic heterocycles. The zero-order valence-electron chi connectivity index (χ0n) is 21.3. The van der Waals surface area contributed by atoms with Crippen molar-refractivity contribution in [3.63, 3.8) is 0 Å². The molecule has 0 aromatic heterocycles. The summed E-state index contributed by atoms with van der Waals surface area (Å²) in [6.07, 6.45) is 5.79. The second kappa shape index (κ2) is 11.9. The summed E-state index contributed by atoms with van der Waals surface area (Å²) < 4.78 is 13.1. The summed E-state index contributed by atoms with van der Waals surface area (Å²) in [5.74, 6) is 0.991. The molecule has 0 spiro atoms. The number of benzene rings is 3. The minimum atomic E-state index is -0.159. The van der Waals surface area contributed by atoms with Crippen LogP contribution in [0.15, 0.2) is 72.8 Å². The number of aryl methyl sites for hydroxylation is 1. The van der Waals surface area contributed by atoms with Crippen molar-refractivity contribution in [3.8, 4) is 0 Å². The number of nitrogens with one attached hydrogen (secondary N) is 2. The highest BCUT2D eigenvalue weighted by molar-refractivity contribution is 6.05. The molecule has 5 nitrogen and oxygen atoms in total. The van der Waals surface area contributed by atoms with Gasteiger partial charge in [-0.3, -0.25) is 4.79 Å². The lowest BCUT2D eigenvalue weighted by Crippen LogP contribution is -2.38. The average Bonchev–Trinajstić information content (AvgIpc) is 3.70. The Hall–Kier alpha value is -3.22. The Morgan fingerprint density at radius 1 is 0.973 bits per heavy atom. The van der Waals surface area contributed by atoms with Gasteiger partial charge in [0.15, 0.2) is 0 Å². The van der Waals surface area contributed by atoms with Crippen LogP contribution >= 0.6 is 0 Å². The summed E-state index contributed by atoms with van der Waals surface area (Å²) in [5.41, 5.74) is 10.3. The number of rotatable bonds is 10. The summed E-state index contributed by atoms with van der Waals surface area (Å²) in [5, 5.41) is 6.63. The van der Waals surface area contributed by atoms with Crippen LogP contribution in [-0.2, 0) is 6.42 Å². The maximum atomic E-state index is 13.1. The van der Waals surface area contributed by atoms with Gasteiger partial charge < -0.3 is 21.3 Å². The highest BCUT2D eigenvalue weighted by atomic mass is 19.1. The van der Waals surface area contributed by atoms with Gasteiger partial charge in [-0.1, -0.05) is 36.4 Å². The van der Waals surface area contributed by atoms with Crippen LogP contribution in [0.5, 0.6) is 0 Å². The summed E-state index contributed by atoms with van der Waals surface area (Å²) in [6, 6.07) is 22.7. The van der Waals surface area contributed by atoms with Gasteiger partial charge in [0.2, 0.25) is 0 Å². The van der Waals surface area contributed by atoms with E-state index in [1.807, 2.05) is 36.4 Å². The van der Waals surface area contributed by atoms with E-state index in [0.29, 0.717) is 28.9 Å². The zero-order chi connectivity index (χ0) is 25.6. The van der Waals surface area contributed by atoms with Crippen molar-refractivity contribution in [2.45, 2.75) is 44.1 Å². The Morgan fingerprint density at radius 2 is 1.70 bits per heavy atom. The minimum Gasteiger partial charge on any atom is -0.397 e. The Kier molecular flexibility index (Phi) is 8.17. The van der Waals surface area contributed by atoms with E-state index in [4.69, 9.17) is 5.73 Å². The molecule has 1 amide bonds. The van der Waals surface area contributed by atoms with E-state index in [-0.39, 0.29) is 11.7 Å². The highest BCUT2D eigenvalue weighted by Gasteiger charge is 2.38. The molecule has 5 rings (SSSR count). The van der Waals surface area contributed by atoms with Crippen LogP contribution in [0.25, 0.3) is 0 Å². The summed E-state index contributed by atoms with van der Waals surface area (Å²) in [6.45, 7) is 4.54. The molecule has 0 bridgehead atoms. The number of piperidine rings is 1. The number of amides is 1. The summed E-state index contributed by atoms with van der Waals surface area (Å²) >= 11 is 0. The number of carbonyl (C=O) groups is 1. The van der Waals surface area contributed by atoms with Crippen LogP contribution in [0.4, 0.5) is 15.8 Å². The Balaban J connectivity index is 0.968. The molecule has 1 aliphatic carbocycles. The standard InChI is InChI=1S/C31H37FN4O/c32-26-13-11-24(12-14-26)27-20-30(27)34-21-23-15-18-36(19-16-23)17-3-4-22-7-9-25(10-8-22)31(37)35-29-6-2-1-5-28(29)33/h1-2,5-14,23,27,30,34H,3-4,15-21,33H2,(H,35,37). The van der Waals surface area contributed by atoms with Gasteiger partial charge in [0, 0.05) is 17.5 Å². The minimum absolute atomic E-state index is 0.144. The van der Waals surface area contributed by atoms with Crippen molar-refractivity contribution >= 4 is 17.3 Å². The summed E-state index contributed by atoms with van der Waals surface area (Å²) in [7, 11) is 0. The van der Waals surface area contributed by atoms with Crippen LogP contribution < -0.4 is 16.4 Å². The van der Waals surface area contributed by atoms with Gasteiger partial charge in [0.1, 0.15) is 5.82 Å². The first-order valence-electron chi connectivity index (χ1n) is 13.5. The maximum Gasteiger partial charge on any atom is 0.255 e. The smallest absolute Gasteiger partial charge is 0.255 e. The largest absolute Gasteiger partial charge is 0.397 e. The third kappa shape index (κ3) is 6.96. The van der Waals surface area contributed by atoms with E-state index in [1.165, 1.54) is 37.1 Å². The van der Waals surface area contributed by atoms with Crippen molar-refractivity contribution in [2.75, 3.05) is 37.2 Å². The topological polar surface area (TPSA) is 70.4 Å². The highest BCUT2D eigenvalue weighted by Crippen LogP contribution is 2.41. The van der Waals surface area contributed by atoms with Crippen LogP contribution in [-0.4, -0.2) is 43.0 Å². The number of nitrogens with two attached hydrogens (primary N) is 1. The fourth-order valence-corrected chi connectivity index (χ4v) is 5.37. The average molecular weight is 501 g/mol. The third-order valence-electron chi connectivity index (χ3n) is 7.83. The molecule has 2 fully saturated rings. The molecule has 0 radical (unpaired) electrons. The number of anilines is 2. The van der Waals surface area contributed by atoms with Crippen molar-refractivity contribution in [1.82, 2.24) is 10.2 Å². The normalized spacial score (nSPS) is 20.0. The van der Waals surface area contributed by atoms with E-state index in [9.17, 15) is 9.18 Å². The van der Waals surface area contributed by atoms with Gasteiger partial charge in [-0.15, -0.1) is 0 Å². The monoisotopic (exact) mass is 500 g/mol. The second-order valence-electron chi connectivity index (χ2n) is 10.5. The number of nitrogens with zero attached hydrogens (tertiary/aromatic N) is 1. The van der Waals surface area contributed by atoms with Gasteiger partial charge in [0.05, 0.1) is 11.4 Å². The molecule has 194 valence electrons. The first-order chi connectivity index (χ1) is 18.0. The van der Waals surface area contributed by atoms with Crippen LogP contribution in [0.1, 0.15) is 53.1 Å². The second-order valence-corrected chi connectivity index (χ2v) is 10.5. The molecule has 4 N–H and O–H groups in total. The summed E-state index contributed by atoms with van der Waals surface area (Å²) in [4.78, 5) is 15.1. The molecule has 3 aromatic rings. The van der Waals surface area contributed by atoms with Crippen molar-refractivity contribution in [1.29, 1.82) is 0 Å². The van der Waals surface area contributed by atoms with Crippen molar-refractivity contribution in [3.05, 3.63) is 95.3 Å². The van der Waals surface area contributed by atoms with E-state index in [1.54, 1.807) is 24.3 Å². The van der Waals surface area contributed by atoms with E-state index >= 15 is 0 Å². The molecule has 1 saturated heterocycles. The molecule has 6 heteroatoms. The number of likely N-dealkylation sites (tertiary alicyclic amines) is 1. The molecule has 2 atom stereocenters. The number of halogens is 1. The number of hydrogen-bond acceptors (Lipinski definition) is 4. The zero-order valence-corrected chi connectivity index (χ0v) is 21.3. The molecule has 37 heavy (non-hydrogen) atoms. The third-order valence-corrected chi connectivity index (χ3v) is 7.83. The van der Waals surface area contributed by atoms with Crippen LogP contribution in [0, 0.1) is 11.7 Å². The van der Waals surface area contributed by atoms with Gasteiger partial charge in [-0.2, -0.15) is 0 Å². The van der Waals surface area contributed by atoms with Crippen molar-refractivity contribution in [2.24, 2.45) is 5.92 Å². The van der Waals surface area contributed by atoms with Gasteiger partial charge in [0.25, 0.3) is 5.91 Å². The predicted molar refractivity (Wildman–Crippen MR) is 148 cm³/mol. The van der Waals surface area contributed by atoms with Crippen LogP contribution in [0.3, 0.4) is 0 Å². The lowest BCUT2D eigenvalue weighted by Gasteiger charge is -2.32. The molecule has 3 aromatic carbocycles. The van der Waals surface area contributed by atoms with Gasteiger partial charge in [-0.25, -0.2) is 4.39 Å². The first-order valence-corrected chi connectivity index (χ1v) is 13.5. The predicted octanol–water partition coefficient (Wildman–Crippen LogP) is 5.45. The molecule has 2 aliphatic rings. The molecule has 1 saturated carbocycles. The van der Waals surface area contributed by atoms with Crippen molar-refractivity contribution < 1.29 is 9.18 Å². The quantitative estimate of drug-likeness (QED) is 0.324. The number of hydrogen-bond donors (Lipinski definition) is 3. The molecule has 2 unspecified atom stereocenters. The SMILES string of the molecule is Nc1ccccc1NC(=O)c1ccc(CCCN2CCC(CNC3CC3c3ccc(F)cc3)CC2)cc1. The molecular formula is C31H37FN4O. The lowest BCUT2D eigenvalue weighted by molar-refractivity contribution is 0.102. The Bertz CT molecular complexity index is 1170. The number of para-hydroxylation sites is 2. The Morgan fingerprint density at radius 3 is 2.43 bits per heavy atom. The van der Waals surface area contributed by atoms with Gasteiger partial charge >= 0.3 is 0 Å². The van der Waals surface area contributed by atoms with E-state index in [2.05, 4.69) is 27.7 Å². The van der Waals surface area contributed by atoms with Gasteiger partial charge in [-0.05, 0) is 112 Å². The number of nitrogen functional groups attached to an aromatic ring is 1. The first kappa shape index (κ1) is 25.4. The van der Waals surface area contributed by atoms with Crippen LogP contribution in [0.2, 0.25) is 0 Å². The number of carbonyl (C=O) groups excluding carboxylic acids is 1. The molecule has 1 heterocycles. The lowest BCUT2D eigenvalue weighted by atomic mass is 9.96. The molecular weight excluding hydrogens is 463 g/mol. The fourth-order valence-electron chi connectivity index (χ4n) is 5.37. The maximum absolute atomic E-state index is 13.1. The van der Waals surface area contributed by atoms with E-state index < -0.39 is 0 Å². The van der Waals surface area contributed by atoms with E-state index in [0.717, 1.165) is 38.3 Å².